The zero-order valence-electron chi connectivity index (χ0n) is 12.9. The van der Waals surface area contributed by atoms with E-state index in [1.807, 2.05) is 13.8 Å². The monoisotopic (exact) mass is 323 g/mol. The van der Waals surface area contributed by atoms with Crippen LogP contribution in [0.25, 0.3) is 0 Å². The molecule has 22 heavy (non-hydrogen) atoms. The molecule has 0 saturated heterocycles. The first-order valence-corrected chi connectivity index (χ1v) is 8.57. The fourth-order valence-corrected chi connectivity index (χ4v) is 3.16. The summed E-state index contributed by atoms with van der Waals surface area (Å²) in [6, 6.07) is 9.97. The molecule has 0 spiro atoms. The number of sulfonamides is 1. The number of hydrogen-bond acceptors (Lipinski definition) is 4. The Balaban J connectivity index is 2.11. The Morgan fingerprint density at radius 1 is 1.23 bits per heavy atom. The average Bonchev–Trinajstić information content (AvgIpc) is 3.00. The third kappa shape index (κ3) is 3.76. The van der Waals surface area contributed by atoms with Gasteiger partial charge in [0.2, 0.25) is 10.0 Å². The number of hydrogen-bond donors (Lipinski definition) is 2. The van der Waals surface area contributed by atoms with Gasteiger partial charge in [-0.3, -0.25) is 0 Å². The van der Waals surface area contributed by atoms with Crippen molar-refractivity contribution >= 4 is 10.0 Å². The van der Waals surface area contributed by atoms with Crippen LogP contribution in [0.4, 0.5) is 0 Å². The Morgan fingerprint density at radius 2 is 1.86 bits per heavy atom. The van der Waals surface area contributed by atoms with E-state index in [1.165, 1.54) is 13.2 Å². The Morgan fingerprint density at radius 3 is 2.36 bits per heavy atom. The van der Waals surface area contributed by atoms with E-state index in [0.717, 1.165) is 5.56 Å². The highest BCUT2D eigenvalue weighted by Crippen LogP contribution is 2.21. The van der Waals surface area contributed by atoms with Gasteiger partial charge in [-0.1, -0.05) is 26.0 Å². The Bertz CT molecular complexity index is 701. The summed E-state index contributed by atoms with van der Waals surface area (Å²) in [5.74, 6) is 0.648. The van der Waals surface area contributed by atoms with Gasteiger partial charge in [-0.25, -0.2) is 13.1 Å². The molecular weight excluding hydrogens is 302 g/mol. The van der Waals surface area contributed by atoms with Crippen molar-refractivity contribution in [3.05, 3.63) is 54.0 Å². The lowest BCUT2D eigenvalue weighted by molar-refractivity contribution is 0.0395. The van der Waals surface area contributed by atoms with Crippen molar-refractivity contribution in [1.82, 2.24) is 4.72 Å². The van der Waals surface area contributed by atoms with Crippen molar-refractivity contribution in [1.29, 1.82) is 0 Å². The molecule has 0 fully saturated rings. The largest absolute Gasteiger partial charge is 0.466 e. The van der Waals surface area contributed by atoms with E-state index in [-0.39, 0.29) is 11.4 Å². The third-order valence-electron chi connectivity index (χ3n) is 3.52. The number of rotatable bonds is 6. The maximum atomic E-state index is 12.3. The molecule has 2 N–H and O–H groups in total. The molecule has 6 heteroatoms. The van der Waals surface area contributed by atoms with Crippen LogP contribution in [0.1, 0.15) is 38.0 Å². The molecule has 120 valence electrons. The first-order valence-electron chi connectivity index (χ1n) is 7.08. The van der Waals surface area contributed by atoms with Gasteiger partial charge in [0.05, 0.1) is 11.2 Å². The minimum atomic E-state index is -3.68. The summed E-state index contributed by atoms with van der Waals surface area (Å²) in [4.78, 5) is 0.173. The van der Waals surface area contributed by atoms with Gasteiger partial charge in [0.1, 0.15) is 11.4 Å². The van der Waals surface area contributed by atoms with Gasteiger partial charge < -0.3 is 9.52 Å². The summed E-state index contributed by atoms with van der Waals surface area (Å²) < 4.78 is 32.1. The zero-order valence-corrected chi connectivity index (χ0v) is 13.7. The molecule has 0 aliphatic carbocycles. The number of nitrogens with one attached hydrogen (secondary N) is 1. The van der Waals surface area contributed by atoms with Gasteiger partial charge in [0, 0.05) is 6.54 Å². The molecule has 1 heterocycles. The highest BCUT2D eigenvalue weighted by atomic mass is 32.2. The molecular formula is C16H21NO4S. The summed E-state index contributed by atoms with van der Waals surface area (Å²) >= 11 is 0. The van der Waals surface area contributed by atoms with Gasteiger partial charge in [-0.15, -0.1) is 0 Å². The van der Waals surface area contributed by atoms with E-state index in [2.05, 4.69) is 4.72 Å². The van der Waals surface area contributed by atoms with E-state index in [9.17, 15) is 13.5 Å². The van der Waals surface area contributed by atoms with Gasteiger partial charge >= 0.3 is 0 Å². The second-order valence-corrected chi connectivity index (χ2v) is 7.57. The molecule has 0 radical (unpaired) electrons. The minimum Gasteiger partial charge on any atom is -0.466 e. The SMILES string of the molecule is CC(C)c1ccc(S(=O)(=O)NCC(C)(O)c2ccco2)cc1. The molecule has 0 bridgehead atoms. The average molecular weight is 323 g/mol. The highest BCUT2D eigenvalue weighted by molar-refractivity contribution is 7.89. The summed E-state index contributed by atoms with van der Waals surface area (Å²) in [6.07, 6.45) is 1.43. The Hall–Kier alpha value is -1.63. The van der Waals surface area contributed by atoms with Crippen LogP contribution in [0.15, 0.2) is 52.0 Å². The zero-order chi connectivity index (χ0) is 16.4. The van der Waals surface area contributed by atoms with Crippen molar-refractivity contribution in [2.24, 2.45) is 0 Å². The van der Waals surface area contributed by atoms with Crippen molar-refractivity contribution < 1.29 is 17.9 Å². The van der Waals surface area contributed by atoms with Gasteiger partial charge in [-0.2, -0.15) is 0 Å². The molecule has 1 atom stereocenters. The van der Waals surface area contributed by atoms with E-state index < -0.39 is 15.6 Å². The first kappa shape index (κ1) is 16.7. The van der Waals surface area contributed by atoms with Gasteiger partial charge in [-0.05, 0) is 42.7 Å². The predicted octanol–water partition coefficient (Wildman–Crippen LogP) is 2.59. The lowest BCUT2D eigenvalue weighted by atomic mass is 10.0. The smallest absolute Gasteiger partial charge is 0.240 e. The predicted molar refractivity (Wildman–Crippen MR) is 84.0 cm³/mol. The molecule has 5 nitrogen and oxygen atoms in total. The molecule has 1 aromatic heterocycles. The Kier molecular flexibility index (Phi) is 4.75. The van der Waals surface area contributed by atoms with E-state index in [4.69, 9.17) is 4.42 Å². The van der Waals surface area contributed by atoms with Crippen LogP contribution in [0.5, 0.6) is 0 Å². The standard InChI is InChI=1S/C16H21NO4S/c1-12(2)13-6-8-14(9-7-13)22(19,20)17-11-16(3,18)15-5-4-10-21-15/h4-10,12,17-18H,11H2,1-3H3. The highest BCUT2D eigenvalue weighted by Gasteiger charge is 2.28. The summed E-state index contributed by atoms with van der Waals surface area (Å²) in [5, 5.41) is 10.3. The van der Waals surface area contributed by atoms with Crippen molar-refractivity contribution in [3.8, 4) is 0 Å². The van der Waals surface area contributed by atoms with Crippen LogP contribution in [-0.2, 0) is 15.6 Å². The second kappa shape index (κ2) is 6.24. The maximum absolute atomic E-state index is 12.3. The molecule has 1 aromatic carbocycles. The van der Waals surface area contributed by atoms with Crippen LogP contribution >= 0.6 is 0 Å². The molecule has 1 unspecified atom stereocenters. The summed E-state index contributed by atoms with van der Waals surface area (Å²) in [7, 11) is -3.68. The fourth-order valence-electron chi connectivity index (χ4n) is 2.02. The molecule has 0 aliphatic rings. The number of furan rings is 1. The molecule has 2 aromatic rings. The lowest BCUT2D eigenvalue weighted by Gasteiger charge is -2.21. The number of aliphatic hydroxyl groups is 1. The molecule has 0 amide bonds. The normalized spacial score (nSPS) is 15.0. The Labute approximate surface area is 131 Å². The molecule has 2 rings (SSSR count). The van der Waals surface area contributed by atoms with Crippen LogP contribution in [-0.4, -0.2) is 20.1 Å². The van der Waals surface area contributed by atoms with Gasteiger partial charge in [0.15, 0.2) is 0 Å². The maximum Gasteiger partial charge on any atom is 0.240 e. The minimum absolute atomic E-state index is 0.172. The topological polar surface area (TPSA) is 79.5 Å². The molecule has 0 saturated carbocycles. The first-order chi connectivity index (χ1) is 10.2. The van der Waals surface area contributed by atoms with Crippen molar-refractivity contribution in [2.75, 3.05) is 6.54 Å². The van der Waals surface area contributed by atoms with Crippen LogP contribution in [0, 0.1) is 0 Å². The third-order valence-corrected chi connectivity index (χ3v) is 4.93. The number of benzene rings is 1. The van der Waals surface area contributed by atoms with Crippen LogP contribution in [0.3, 0.4) is 0 Å². The van der Waals surface area contributed by atoms with Crippen LogP contribution in [0.2, 0.25) is 0 Å². The van der Waals surface area contributed by atoms with Crippen molar-refractivity contribution in [2.45, 2.75) is 37.2 Å². The van der Waals surface area contributed by atoms with E-state index >= 15 is 0 Å². The van der Waals surface area contributed by atoms with Gasteiger partial charge in [0.25, 0.3) is 0 Å². The van der Waals surface area contributed by atoms with E-state index in [1.54, 1.807) is 36.4 Å². The summed E-state index contributed by atoms with van der Waals surface area (Å²) in [6.45, 7) is 5.41. The molecule has 0 aliphatic heterocycles. The lowest BCUT2D eigenvalue weighted by Crippen LogP contribution is -2.38. The van der Waals surface area contributed by atoms with E-state index in [0.29, 0.717) is 11.7 Å². The quantitative estimate of drug-likeness (QED) is 0.856. The van der Waals surface area contributed by atoms with Crippen LogP contribution < -0.4 is 4.72 Å². The van der Waals surface area contributed by atoms with Crippen molar-refractivity contribution in [3.63, 3.8) is 0 Å². The summed E-state index contributed by atoms with van der Waals surface area (Å²) in [5.41, 5.74) is -0.337. The fraction of sp³-hybridized carbons (Fsp3) is 0.375. The second-order valence-electron chi connectivity index (χ2n) is 5.80.